The van der Waals surface area contributed by atoms with Crippen LogP contribution in [-0.2, 0) is 37.0 Å². The van der Waals surface area contributed by atoms with Crippen molar-refractivity contribution in [3.8, 4) is 11.1 Å². The van der Waals surface area contributed by atoms with Crippen LogP contribution in [-0.4, -0.2) is 84.4 Å². The maximum Gasteiger partial charge on any atom is 0.471 e. The van der Waals surface area contributed by atoms with E-state index < -0.39 is 30.3 Å². The van der Waals surface area contributed by atoms with E-state index in [9.17, 15) is 27.9 Å². The summed E-state index contributed by atoms with van der Waals surface area (Å²) < 4.78 is 57.9. The molecule has 0 saturated carbocycles. The van der Waals surface area contributed by atoms with Crippen LogP contribution in [0.25, 0.3) is 11.1 Å². The van der Waals surface area contributed by atoms with E-state index in [4.69, 9.17) is 14.2 Å². The minimum absolute atomic E-state index is 0.0293. The lowest BCUT2D eigenvalue weighted by Gasteiger charge is -2.39. The smallest absolute Gasteiger partial charge is 0.392 e. The minimum Gasteiger partial charge on any atom is -0.392 e. The Bertz CT molecular complexity index is 1620. The first-order valence-electron chi connectivity index (χ1n) is 17.2. The number of likely N-dealkylation sites (tertiary alicyclic amines) is 2. The molecule has 12 heteroatoms. The Balaban J connectivity index is 1.17. The lowest BCUT2D eigenvalue weighted by Crippen LogP contribution is -2.50. The molecule has 0 radical (unpaired) electrons. The minimum atomic E-state index is -5.02. The van der Waals surface area contributed by atoms with Crippen molar-refractivity contribution >= 4 is 11.8 Å². The largest absolute Gasteiger partial charge is 0.471 e. The van der Waals surface area contributed by atoms with Crippen LogP contribution in [0.1, 0.15) is 66.8 Å². The summed E-state index contributed by atoms with van der Waals surface area (Å²) in [7, 11) is 1.73. The van der Waals surface area contributed by atoms with E-state index in [2.05, 4.69) is 10.2 Å². The molecule has 9 nitrogen and oxygen atoms in total. The summed E-state index contributed by atoms with van der Waals surface area (Å²) in [5.41, 5.74) is 5.27. The number of carbonyl (C=O) groups is 2. The predicted octanol–water partition coefficient (Wildman–Crippen LogP) is 5.67. The Morgan fingerprint density at radius 1 is 0.920 bits per heavy atom. The van der Waals surface area contributed by atoms with Gasteiger partial charge in [-0.25, -0.2) is 0 Å². The third-order valence-corrected chi connectivity index (χ3v) is 9.86. The maximum atomic E-state index is 13.1. The van der Waals surface area contributed by atoms with E-state index in [0.717, 1.165) is 59.3 Å². The summed E-state index contributed by atoms with van der Waals surface area (Å²) in [5.74, 6) is -2.58. The van der Waals surface area contributed by atoms with Gasteiger partial charge in [0.2, 0.25) is 5.91 Å². The molecule has 3 fully saturated rings. The van der Waals surface area contributed by atoms with Crippen LogP contribution in [0.15, 0.2) is 72.8 Å². The molecule has 3 aliphatic rings. The number of nitrogens with zero attached hydrogens (tertiary/aromatic N) is 2. The van der Waals surface area contributed by atoms with Gasteiger partial charge in [-0.05, 0) is 72.2 Å². The molecule has 50 heavy (non-hydrogen) atoms. The highest BCUT2D eigenvalue weighted by atomic mass is 19.4. The molecule has 3 aromatic carbocycles. The SMILES string of the molecule is COC[C@@H]1CCCN1C[C@H]1C[C@@H](c2ccc(CO)cc2)O[C@@H](c2cccc(-c3cccc(CNC(=O)[C@@H]4CCCN4C(=O)C(F)(F)F)c3)c2)O1. The second kappa shape index (κ2) is 16.0. The van der Waals surface area contributed by atoms with Gasteiger partial charge in [-0.2, -0.15) is 13.2 Å². The number of hydrogen-bond donors (Lipinski definition) is 2. The number of benzene rings is 3. The zero-order chi connectivity index (χ0) is 35.3. The molecule has 2 amide bonds. The van der Waals surface area contributed by atoms with Gasteiger partial charge in [-0.3, -0.25) is 14.5 Å². The van der Waals surface area contributed by atoms with Gasteiger partial charge in [0.25, 0.3) is 0 Å². The molecule has 5 atom stereocenters. The van der Waals surface area contributed by atoms with Crippen molar-refractivity contribution in [2.24, 2.45) is 0 Å². The molecular formula is C38H44F3N3O6. The molecule has 3 saturated heterocycles. The fourth-order valence-electron chi connectivity index (χ4n) is 7.29. The number of methoxy groups -OCH3 is 1. The quantitative estimate of drug-likeness (QED) is 0.267. The second-order valence-electron chi connectivity index (χ2n) is 13.3. The fourth-order valence-corrected chi connectivity index (χ4v) is 7.29. The van der Waals surface area contributed by atoms with E-state index in [0.29, 0.717) is 30.4 Å². The van der Waals surface area contributed by atoms with Crippen molar-refractivity contribution in [2.45, 2.75) is 82.0 Å². The van der Waals surface area contributed by atoms with Crippen LogP contribution in [0, 0.1) is 0 Å². The molecule has 6 rings (SSSR count). The highest BCUT2D eigenvalue weighted by Gasteiger charge is 2.47. The van der Waals surface area contributed by atoms with Crippen LogP contribution in [0.4, 0.5) is 13.2 Å². The van der Waals surface area contributed by atoms with Crippen LogP contribution in [0.3, 0.4) is 0 Å². The zero-order valence-corrected chi connectivity index (χ0v) is 28.1. The molecule has 2 N–H and O–H groups in total. The van der Waals surface area contributed by atoms with Crippen molar-refractivity contribution in [1.29, 1.82) is 0 Å². The standard InChI is InChI=1S/C38H44F3N3O6/c1-48-24-31-10-4-16-43(31)22-32-20-34(27-14-12-25(23-45)13-15-27)50-36(49-32)30-9-3-8-29(19-30)28-7-2-6-26(18-28)21-42-35(46)33-11-5-17-44(33)37(47)38(39,40)41/h2-3,6-9,12-15,18-19,31-34,36,45H,4-5,10-11,16-17,20-24H2,1H3,(H,42,46)/t31-,32+,33-,34-,36-/m0/s1. The summed E-state index contributed by atoms with van der Waals surface area (Å²) in [5, 5.41) is 12.3. The molecule has 0 spiro atoms. The second-order valence-corrected chi connectivity index (χ2v) is 13.3. The van der Waals surface area contributed by atoms with E-state index in [1.54, 1.807) is 7.11 Å². The van der Waals surface area contributed by atoms with Crippen LogP contribution in [0.5, 0.6) is 0 Å². The molecule has 0 aliphatic carbocycles. The van der Waals surface area contributed by atoms with Gasteiger partial charge in [0.05, 0.1) is 25.4 Å². The van der Waals surface area contributed by atoms with Crippen LogP contribution in [0.2, 0.25) is 0 Å². The summed E-state index contributed by atoms with van der Waals surface area (Å²) in [6.45, 7) is 2.41. The number of alkyl halides is 3. The van der Waals surface area contributed by atoms with E-state index in [1.165, 1.54) is 0 Å². The van der Waals surface area contributed by atoms with Crippen molar-refractivity contribution < 1.29 is 42.1 Å². The zero-order valence-electron chi connectivity index (χ0n) is 28.1. The summed E-state index contributed by atoms with van der Waals surface area (Å²) >= 11 is 0. The average Bonchev–Trinajstić information content (AvgIpc) is 3.80. The van der Waals surface area contributed by atoms with E-state index in [1.807, 2.05) is 72.8 Å². The van der Waals surface area contributed by atoms with Gasteiger partial charge in [-0.1, -0.05) is 60.7 Å². The van der Waals surface area contributed by atoms with Crippen molar-refractivity contribution in [3.05, 3.63) is 95.1 Å². The molecule has 3 heterocycles. The van der Waals surface area contributed by atoms with Crippen LogP contribution >= 0.6 is 0 Å². The summed E-state index contributed by atoms with van der Waals surface area (Å²) in [6, 6.07) is 22.5. The van der Waals surface area contributed by atoms with E-state index >= 15 is 0 Å². The first-order chi connectivity index (χ1) is 24.1. The third kappa shape index (κ3) is 8.55. The van der Waals surface area contributed by atoms with Gasteiger partial charge in [0.1, 0.15) is 6.04 Å². The Morgan fingerprint density at radius 2 is 1.66 bits per heavy atom. The Morgan fingerprint density at radius 3 is 2.40 bits per heavy atom. The van der Waals surface area contributed by atoms with Gasteiger partial charge in [-0.15, -0.1) is 0 Å². The predicted molar refractivity (Wildman–Crippen MR) is 179 cm³/mol. The Hall–Kier alpha value is -3.81. The normalized spacial score (nSPS) is 24.4. The summed E-state index contributed by atoms with van der Waals surface area (Å²) in [4.78, 5) is 27.8. The topological polar surface area (TPSA) is 101 Å². The Labute approximate surface area is 290 Å². The number of carbonyl (C=O) groups excluding carboxylic acids is 2. The van der Waals surface area contributed by atoms with E-state index in [-0.39, 0.29) is 38.3 Å². The molecule has 3 aromatic rings. The highest BCUT2D eigenvalue weighted by molar-refractivity contribution is 5.90. The number of rotatable bonds is 11. The Kier molecular flexibility index (Phi) is 11.5. The number of nitrogens with one attached hydrogen (secondary N) is 1. The number of aliphatic hydroxyl groups is 1. The summed E-state index contributed by atoms with van der Waals surface area (Å²) in [6.07, 6.45) is -2.54. The van der Waals surface area contributed by atoms with Crippen molar-refractivity contribution in [2.75, 3.05) is 33.4 Å². The first-order valence-corrected chi connectivity index (χ1v) is 17.2. The number of hydrogen-bond acceptors (Lipinski definition) is 7. The number of halogens is 3. The fraction of sp³-hybridized carbons (Fsp3) is 0.474. The molecule has 268 valence electrons. The highest BCUT2D eigenvalue weighted by Crippen LogP contribution is 2.39. The third-order valence-electron chi connectivity index (χ3n) is 9.86. The molecule has 3 aliphatic heterocycles. The number of aliphatic hydroxyl groups excluding tert-OH is 1. The monoisotopic (exact) mass is 695 g/mol. The van der Waals surface area contributed by atoms with Gasteiger partial charge in [0.15, 0.2) is 6.29 Å². The first kappa shape index (κ1) is 36.0. The molecular weight excluding hydrogens is 651 g/mol. The van der Waals surface area contributed by atoms with Gasteiger partial charge < -0.3 is 29.5 Å². The lowest BCUT2D eigenvalue weighted by molar-refractivity contribution is -0.253. The maximum absolute atomic E-state index is 13.1. The van der Waals surface area contributed by atoms with Crippen molar-refractivity contribution in [1.82, 2.24) is 15.1 Å². The molecule has 0 bridgehead atoms. The number of ether oxygens (including phenoxy) is 3. The molecule has 0 unspecified atom stereocenters. The molecule has 0 aromatic heterocycles. The van der Waals surface area contributed by atoms with Crippen LogP contribution < -0.4 is 5.32 Å². The van der Waals surface area contributed by atoms with Gasteiger partial charge in [0, 0.05) is 44.8 Å². The lowest BCUT2D eigenvalue weighted by atomic mass is 9.98. The average molecular weight is 696 g/mol. The van der Waals surface area contributed by atoms with Gasteiger partial charge >= 0.3 is 12.1 Å². The number of amides is 2. The van der Waals surface area contributed by atoms with Crippen molar-refractivity contribution in [3.63, 3.8) is 0 Å².